The molecule has 5 nitrogen and oxygen atoms in total. The van der Waals surface area contributed by atoms with Crippen molar-refractivity contribution in [3.63, 3.8) is 0 Å². The van der Waals surface area contributed by atoms with Crippen LogP contribution in [0.3, 0.4) is 0 Å². The molecule has 0 saturated heterocycles. The first-order chi connectivity index (χ1) is 17.5. The van der Waals surface area contributed by atoms with Gasteiger partial charge in [-0.05, 0) is 62.3 Å². The lowest BCUT2D eigenvalue weighted by atomic mass is 9.87. The fourth-order valence-corrected chi connectivity index (χ4v) is 4.82. The van der Waals surface area contributed by atoms with Crippen LogP contribution in [-0.2, 0) is 28.0 Å². The lowest BCUT2D eigenvalue weighted by Gasteiger charge is -2.31. The van der Waals surface area contributed by atoms with Crippen LogP contribution in [0.25, 0.3) is 0 Å². The number of rotatable bonds is 9. The molecule has 2 amide bonds. The molecule has 0 aromatic heterocycles. The van der Waals surface area contributed by atoms with Crippen molar-refractivity contribution in [3.8, 4) is 5.75 Å². The number of likely N-dealkylation sites (N-methyl/N-ethyl adjacent to an activating group) is 1. The molecule has 1 N–H and O–H groups in total. The third-order valence-corrected chi connectivity index (χ3v) is 7.23. The topological polar surface area (TPSA) is 58.6 Å². The summed E-state index contributed by atoms with van der Waals surface area (Å²) in [6.07, 6.45) is 0.335. The Labute approximate surface area is 237 Å². The summed E-state index contributed by atoms with van der Waals surface area (Å²) in [4.78, 5) is 28.2. The first kappa shape index (κ1) is 29.0. The van der Waals surface area contributed by atoms with Gasteiger partial charge in [-0.25, -0.2) is 0 Å². The summed E-state index contributed by atoms with van der Waals surface area (Å²) < 4.78 is 6.68. The molecule has 0 heterocycles. The Morgan fingerprint density at radius 2 is 1.73 bits per heavy atom. The van der Waals surface area contributed by atoms with Gasteiger partial charge in [0, 0.05) is 30.1 Å². The molecule has 3 rings (SSSR count). The Kier molecular flexibility index (Phi) is 10.0. The Bertz CT molecular complexity index is 1250. The van der Waals surface area contributed by atoms with Crippen molar-refractivity contribution in [1.29, 1.82) is 0 Å². The first-order valence-corrected chi connectivity index (χ1v) is 13.5. The molecule has 37 heavy (non-hydrogen) atoms. The molecule has 0 aliphatic heterocycles. The van der Waals surface area contributed by atoms with Gasteiger partial charge in [-0.3, -0.25) is 9.59 Å². The van der Waals surface area contributed by atoms with E-state index in [-0.39, 0.29) is 30.4 Å². The highest BCUT2D eigenvalue weighted by atomic mass is 79.9. The second kappa shape index (κ2) is 12.8. The molecule has 0 spiro atoms. The van der Waals surface area contributed by atoms with E-state index < -0.39 is 6.04 Å². The normalized spacial score (nSPS) is 12.1. The number of hydrogen-bond acceptors (Lipinski definition) is 3. The van der Waals surface area contributed by atoms with E-state index >= 15 is 0 Å². The third kappa shape index (κ3) is 7.97. The van der Waals surface area contributed by atoms with E-state index in [9.17, 15) is 9.59 Å². The number of ether oxygens (including phenoxy) is 1. The van der Waals surface area contributed by atoms with Crippen molar-refractivity contribution >= 4 is 50.9 Å². The highest BCUT2D eigenvalue weighted by molar-refractivity contribution is 9.10. The molecule has 0 unspecified atom stereocenters. The molecule has 1 atom stereocenters. The summed E-state index contributed by atoms with van der Waals surface area (Å²) in [6.45, 7) is 6.26. The van der Waals surface area contributed by atoms with Gasteiger partial charge >= 0.3 is 0 Å². The van der Waals surface area contributed by atoms with Gasteiger partial charge < -0.3 is 15.0 Å². The molecule has 3 aromatic carbocycles. The van der Waals surface area contributed by atoms with E-state index in [4.69, 9.17) is 27.9 Å². The van der Waals surface area contributed by atoms with Gasteiger partial charge in [0.05, 0.1) is 4.47 Å². The van der Waals surface area contributed by atoms with Gasteiger partial charge in [0.15, 0.2) is 6.61 Å². The van der Waals surface area contributed by atoms with E-state index in [0.29, 0.717) is 27.8 Å². The first-order valence-electron chi connectivity index (χ1n) is 11.9. The number of halogens is 3. The number of carbonyl (C=O) groups excluding carboxylic acids is 2. The number of hydrogen-bond donors (Lipinski definition) is 1. The van der Waals surface area contributed by atoms with Crippen molar-refractivity contribution in [2.45, 2.75) is 45.2 Å². The number of amides is 2. The summed E-state index contributed by atoms with van der Waals surface area (Å²) in [5.74, 6) is -0.0780. The average molecular weight is 606 g/mol. The number of carbonyl (C=O) groups is 2. The molecule has 0 bridgehead atoms. The van der Waals surface area contributed by atoms with Gasteiger partial charge in [-0.1, -0.05) is 86.4 Å². The molecule has 8 heteroatoms. The molecule has 0 fully saturated rings. The van der Waals surface area contributed by atoms with Gasteiger partial charge in [0.1, 0.15) is 11.8 Å². The van der Waals surface area contributed by atoms with Crippen LogP contribution >= 0.6 is 39.1 Å². The van der Waals surface area contributed by atoms with E-state index in [1.807, 2.05) is 48.5 Å². The van der Waals surface area contributed by atoms with Crippen LogP contribution in [-0.4, -0.2) is 36.4 Å². The zero-order valence-electron chi connectivity index (χ0n) is 21.4. The summed E-state index contributed by atoms with van der Waals surface area (Å²) in [6, 6.07) is 19.7. The van der Waals surface area contributed by atoms with E-state index in [1.54, 1.807) is 25.2 Å². The quantitative estimate of drug-likeness (QED) is 0.291. The van der Waals surface area contributed by atoms with Crippen LogP contribution in [0.4, 0.5) is 0 Å². The van der Waals surface area contributed by atoms with Crippen LogP contribution in [0.2, 0.25) is 10.0 Å². The van der Waals surface area contributed by atoms with E-state index in [2.05, 4.69) is 42.0 Å². The minimum atomic E-state index is -0.776. The highest BCUT2D eigenvalue weighted by Gasteiger charge is 2.30. The molecule has 0 radical (unpaired) electrons. The molecule has 0 aliphatic carbocycles. The van der Waals surface area contributed by atoms with E-state index in [0.717, 1.165) is 15.6 Å². The van der Waals surface area contributed by atoms with Crippen LogP contribution in [0.15, 0.2) is 71.2 Å². The Balaban J connectivity index is 1.90. The summed E-state index contributed by atoms with van der Waals surface area (Å²) in [5.41, 5.74) is 2.72. The summed E-state index contributed by atoms with van der Waals surface area (Å²) >= 11 is 16.1. The van der Waals surface area contributed by atoms with Crippen molar-refractivity contribution in [1.82, 2.24) is 10.2 Å². The maximum absolute atomic E-state index is 13.6. The zero-order valence-corrected chi connectivity index (χ0v) is 24.5. The smallest absolute Gasteiger partial charge is 0.261 e. The Morgan fingerprint density at radius 3 is 2.32 bits per heavy atom. The Hall–Kier alpha value is -2.54. The highest BCUT2D eigenvalue weighted by Crippen LogP contribution is 2.32. The van der Waals surface area contributed by atoms with Crippen molar-refractivity contribution in [3.05, 3.63) is 97.9 Å². The molecule has 0 saturated carbocycles. The van der Waals surface area contributed by atoms with Gasteiger partial charge in [0.25, 0.3) is 5.91 Å². The monoisotopic (exact) mass is 604 g/mol. The molecule has 0 aliphatic rings. The lowest BCUT2D eigenvalue weighted by Crippen LogP contribution is -2.51. The van der Waals surface area contributed by atoms with E-state index in [1.165, 1.54) is 4.90 Å². The maximum Gasteiger partial charge on any atom is 0.261 e. The van der Waals surface area contributed by atoms with Crippen molar-refractivity contribution in [2.75, 3.05) is 13.7 Å². The number of benzene rings is 3. The van der Waals surface area contributed by atoms with Gasteiger partial charge in [-0.2, -0.15) is 0 Å². The fraction of sp³-hybridized carbons (Fsp3) is 0.310. The maximum atomic E-state index is 13.6. The minimum Gasteiger partial charge on any atom is -0.483 e. The average Bonchev–Trinajstić information content (AvgIpc) is 2.86. The van der Waals surface area contributed by atoms with Crippen LogP contribution in [0, 0.1) is 0 Å². The molecular formula is C29H31BrCl2N2O3. The SMILES string of the molecule is CNC(=O)[C@@H](Cc1ccccc1)N(Cc1ccc(Cl)cc1Cl)C(=O)COc1ccc(C(C)(C)C)cc1Br. The Morgan fingerprint density at radius 1 is 1.03 bits per heavy atom. The standard InChI is InChI=1S/C29H31BrCl2N2O3/c1-29(2,3)21-11-13-26(23(30)15-21)37-18-27(35)34(17-20-10-12-22(31)16-24(20)32)25(28(36)33-4)14-19-8-6-5-7-9-19/h5-13,15-16,25H,14,17-18H2,1-4H3,(H,33,36)/t25-/m1/s1. The summed E-state index contributed by atoms with van der Waals surface area (Å²) in [5, 5.41) is 3.61. The largest absolute Gasteiger partial charge is 0.483 e. The van der Waals surface area contributed by atoms with Crippen LogP contribution in [0.5, 0.6) is 5.75 Å². The number of nitrogens with one attached hydrogen (secondary N) is 1. The van der Waals surface area contributed by atoms with Gasteiger partial charge in [-0.15, -0.1) is 0 Å². The zero-order chi connectivity index (χ0) is 27.2. The molecular weight excluding hydrogens is 575 g/mol. The predicted octanol–water partition coefficient (Wildman–Crippen LogP) is 6.82. The second-order valence-electron chi connectivity index (χ2n) is 9.76. The van der Waals surface area contributed by atoms with Gasteiger partial charge in [0.2, 0.25) is 5.91 Å². The van der Waals surface area contributed by atoms with Crippen molar-refractivity contribution in [2.24, 2.45) is 0 Å². The minimum absolute atomic E-state index is 0.0241. The predicted molar refractivity (Wildman–Crippen MR) is 153 cm³/mol. The van der Waals surface area contributed by atoms with Crippen molar-refractivity contribution < 1.29 is 14.3 Å². The molecule has 196 valence electrons. The number of nitrogens with zero attached hydrogens (tertiary/aromatic N) is 1. The molecule has 3 aromatic rings. The summed E-state index contributed by atoms with van der Waals surface area (Å²) in [7, 11) is 1.56. The second-order valence-corrected chi connectivity index (χ2v) is 11.5. The fourth-order valence-electron chi connectivity index (χ4n) is 3.86. The lowest BCUT2D eigenvalue weighted by molar-refractivity contribution is -0.142. The third-order valence-electron chi connectivity index (χ3n) is 6.02. The van der Waals surface area contributed by atoms with Crippen LogP contribution in [0.1, 0.15) is 37.5 Å². The van der Waals surface area contributed by atoms with Crippen LogP contribution < -0.4 is 10.1 Å².